The van der Waals surface area contributed by atoms with Gasteiger partial charge in [-0.05, 0) is 36.4 Å². The predicted molar refractivity (Wildman–Crippen MR) is 82.1 cm³/mol. The Morgan fingerprint density at radius 2 is 1.86 bits per heavy atom. The first-order valence-electron chi connectivity index (χ1n) is 6.11. The third-order valence-corrected chi connectivity index (χ3v) is 4.06. The number of halogens is 1. The fourth-order valence-electron chi connectivity index (χ4n) is 1.86. The number of hydrogen-bond donors (Lipinski definition) is 1. The van der Waals surface area contributed by atoms with E-state index >= 15 is 0 Å². The van der Waals surface area contributed by atoms with Gasteiger partial charge in [0.1, 0.15) is 11.8 Å². The van der Waals surface area contributed by atoms with Gasteiger partial charge in [0.25, 0.3) is 0 Å². The number of hydrogen-bond acceptors (Lipinski definition) is 4. The van der Waals surface area contributed by atoms with Crippen LogP contribution in [0.5, 0.6) is 0 Å². The fourth-order valence-corrected chi connectivity index (χ4v) is 2.86. The van der Waals surface area contributed by atoms with Gasteiger partial charge in [0.15, 0.2) is 5.69 Å². The van der Waals surface area contributed by atoms with Gasteiger partial charge in [0, 0.05) is 20.4 Å². The molecule has 0 unspecified atom stereocenters. The molecule has 0 amide bonds. The molecule has 102 valence electrons. The monoisotopic (exact) mass is 312 g/mol. The van der Waals surface area contributed by atoms with Crippen molar-refractivity contribution in [3.63, 3.8) is 0 Å². The Morgan fingerprint density at radius 3 is 2.62 bits per heavy atom. The summed E-state index contributed by atoms with van der Waals surface area (Å²) in [6, 6.07) is 17.5. The van der Waals surface area contributed by atoms with E-state index in [0.717, 1.165) is 15.4 Å². The van der Waals surface area contributed by atoms with Gasteiger partial charge in [-0.25, -0.2) is 0 Å². The molecule has 0 saturated carbocycles. The van der Waals surface area contributed by atoms with E-state index in [2.05, 4.69) is 15.4 Å². The van der Waals surface area contributed by atoms with E-state index in [0.29, 0.717) is 16.4 Å². The first-order chi connectivity index (χ1) is 10.3. The van der Waals surface area contributed by atoms with Crippen LogP contribution in [0.15, 0.2) is 58.3 Å². The summed E-state index contributed by atoms with van der Waals surface area (Å²) in [4.78, 5) is 2.15. The maximum absolute atomic E-state index is 9.01. The largest absolute Gasteiger partial charge is 0.196 e. The molecule has 0 saturated heterocycles. The minimum Gasteiger partial charge on any atom is -0.196 e. The highest BCUT2D eigenvalue weighted by molar-refractivity contribution is 7.99. The Balaban J connectivity index is 1.90. The maximum Gasteiger partial charge on any atom is 0.190 e. The van der Waals surface area contributed by atoms with Crippen LogP contribution in [-0.4, -0.2) is 15.4 Å². The second kappa shape index (κ2) is 6.00. The summed E-state index contributed by atoms with van der Waals surface area (Å²) in [7, 11) is 0. The number of benzene rings is 2. The molecule has 21 heavy (non-hydrogen) atoms. The maximum atomic E-state index is 9.01. The van der Waals surface area contributed by atoms with E-state index in [4.69, 9.17) is 16.9 Å². The molecule has 3 aromatic rings. The molecule has 0 bridgehead atoms. The lowest BCUT2D eigenvalue weighted by atomic mass is 10.1. The number of nitrogens with zero attached hydrogens (tertiary/aromatic N) is 3. The zero-order valence-electron chi connectivity index (χ0n) is 10.7. The van der Waals surface area contributed by atoms with Gasteiger partial charge in [0.2, 0.25) is 0 Å². The second-order valence-electron chi connectivity index (χ2n) is 4.22. The number of H-pyrrole nitrogens is 1. The van der Waals surface area contributed by atoms with Crippen molar-refractivity contribution in [1.82, 2.24) is 15.4 Å². The number of nitrogens with one attached hydrogen (secondary N) is 1. The highest BCUT2D eigenvalue weighted by atomic mass is 35.5. The molecule has 0 fully saturated rings. The zero-order chi connectivity index (χ0) is 14.7. The van der Waals surface area contributed by atoms with Crippen molar-refractivity contribution in [1.29, 1.82) is 5.26 Å². The normalized spacial score (nSPS) is 10.3. The van der Waals surface area contributed by atoms with E-state index in [1.165, 1.54) is 0 Å². The number of aromatic nitrogens is 3. The van der Waals surface area contributed by atoms with Crippen LogP contribution in [0.1, 0.15) is 5.69 Å². The third-order valence-electron chi connectivity index (χ3n) is 2.81. The molecule has 0 aliphatic heterocycles. The molecule has 6 heteroatoms. The van der Waals surface area contributed by atoms with Gasteiger partial charge < -0.3 is 0 Å². The van der Waals surface area contributed by atoms with E-state index in [-0.39, 0.29) is 0 Å². The lowest BCUT2D eigenvalue weighted by Crippen LogP contribution is -1.83. The summed E-state index contributed by atoms with van der Waals surface area (Å²) in [5, 5.41) is 20.1. The molecular formula is C15H9ClN4S. The molecule has 2 aromatic carbocycles. The van der Waals surface area contributed by atoms with Gasteiger partial charge in [0.05, 0.1) is 0 Å². The van der Waals surface area contributed by atoms with Crippen LogP contribution in [0.25, 0.3) is 11.3 Å². The molecular weight excluding hydrogens is 304 g/mol. The fraction of sp³-hybridized carbons (Fsp3) is 0. The van der Waals surface area contributed by atoms with Gasteiger partial charge in [-0.15, -0.1) is 5.10 Å². The van der Waals surface area contributed by atoms with Gasteiger partial charge in [-0.3, -0.25) is 0 Å². The minimum absolute atomic E-state index is 0.295. The zero-order valence-corrected chi connectivity index (χ0v) is 12.3. The Hall–Kier alpha value is -2.29. The smallest absolute Gasteiger partial charge is 0.190 e. The Kier molecular flexibility index (Phi) is 3.91. The molecule has 1 N–H and O–H groups in total. The molecule has 0 spiro atoms. The number of rotatable bonds is 3. The summed E-state index contributed by atoms with van der Waals surface area (Å²) < 4.78 is 0. The molecule has 4 nitrogen and oxygen atoms in total. The summed E-state index contributed by atoms with van der Waals surface area (Å²) in [5.74, 6) is 0. The van der Waals surface area contributed by atoms with E-state index in [9.17, 15) is 0 Å². The highest BCUT2D eigenvalue weighted by Gasteiger charge is 2.10. The van der Waals surface area contributed by atoms with Gasteiger partial charge >= 0.3 is 0 Å². The summed E-state index contributed by atoms with van der Waals surface area (Å²) in [5.41, 5.74) is 1.72. The van der Waals surface area contributed by atoms with Crippen molar-refractivity contribution in [2.45, 2.75) is 9.79 Å². The lowest BCUT2D eigenvalue weighted by Gasteiger charge is -2.04. The van der Waals surface area contributed by atoms with Crippen LogP contribution < -0.4 is 0 Å². The van der Waals surface area contributed by atoms with Crippen molar-refractivity contribution >= 4 is 23.4 Å². The number of aromatic amines is 1. The summed E-state index contributed by atoms with van der Waals surface area (Å²) in [6.45, 7) is 0. The van der Waals surface area contributed by atoms with Crippen LogP contribution in [0.4, 0.5) is 0 Å². The highest BCUT2D eigenvalue weighted by Crippen LogP contribution is 2.31. The Labute approximate surface area is 130 Å². The first kappa shape index (κ1) is 13.7. The lowest BCUT2D eigenvalue weighted by molar-refractivity contribution is 0.937. The van der Waals surface area contributed by atoms with Gasteiger partial charge in [-0.1, -0.05) is 35.5 Å². The first-order valence-corrected chi connectivity index (χ1v) is 7.30. The number of nitriles is 1. The van der Waals surface area contributed by atoms with Crippen molar-refractivity contribution in [2.75, 3.05) is 0 Å². The average molecular weight is 313 g/mol. The van der Waals surface area contributed by atoms with E-state index in [1.807, 2.05) is 54.6 Å². The van der Waals surface area contributed by atoms with Crippen LogP contribution >= 0.6 is 23.4 Å². The summed E-state index contributed by atoms with van der Waals surface area (Å²) >= 11 is 7.50. The van der Waals surface area contributed by atoms with E-state index in [1.54, 1.807) is 11.8 Å². The Bertz CT molecular complexity index is 805. The van der Waals surface area contributed by atoms with Crippen molar-refractivity contribution < 1.29 is 0 Å². The van der Waals surface area contributed by atoms with Gasteiger partial charge in [-0.2, -0.15) is 15.6 Å². The standard InChI is InChI=1S/C15H9ClN4S/c16-11-4-6-12(7-5-11)21-13-3-1-2-10(8-13)15-14(9-17)18-20-19-15/h1-8H,(H,18,19,20). The molecule has 3 rings (SSSR count). The van der Waals surface area contributed by atoms with Crippen LogP contribution in [0.3, 0.4) is 0 Å². The molecule has 0 atom stereocenters. The quantitative estimate of drug-likeness (QED) is 0.789. The third kappa shape index (κ3) is 3.07. The van der Waals surface area contributed by atoms with Crippen molar-refractivity contribution in [2.24, 2.45) is 0 Å². The molecule has 1 heterocycles. The molecule has 0 aliphatic carbocycles. The Morgan fingerprint density at radius 1 is 1.05 bits per heavy atom. The van der Waals surface area contributed by atoms with E-state index < -0.39 is 0 Å². The molecule has 0 radical (unpaired) electrons. The average Bonchev–Trinajstić information content (AvgIpc) is 2.98. The van der Waals surface area contributed by atoms with Crippen LogP contribution in [0.2, 0.25) is 5.02 Å². The van der Waals surface area contributed by atoms with Crippen molar-refractivity contribution in [3.8, 4) is 17.3 Å². The predicted octanol–water partition coefficient (Wildman–Crippen LogP) is 4.15. The minimum atomic E-state index is 0.295. The SMILES string of the molecule is N#Cc1n[nH]nc1-c1cccc(Sc2ccc(Cl)cc2)c1. The summed E-state index contributed by atoms with van der Waals surface area (Å²) in [6.07, 6.45) is 0. The van der Waals surface area contributed by atoms with Crippen LogP contribution in [-0.2, 0) is 0 Å². The second-order valence-corrected chi connectivity index (χ2v) is 5.80. The van der Waals surface area contributed by atoms with Crippen LogP contribution in [0, 0.1) is 11.3 Å². The molecule has 1 aromatic heterocycles. The van der Waals surface area contributed by atoms with Crippen molar-refractivity contribution in [3.05, 3.63) is 59.2 Å². The topological polar surface area (TPSA) is 65.4 Å². The molecule has 0 aliphatic rings.